The van der Waals surface area contributed by atoms with Gasteiger partial charge in [0.2, 0.25) is 0 Å². The number of aromatic nitrogens is 8. The van der Waals surface area contributed by atoms with Gasteiger partial charge in [0, 0.05) is 69.9 Å². The molecule has 0 aromatic carbocycles. The van der Waals surface area contributed by atoms with Crippen LogP contribution in [0, 0.1) is 27.1 Å². The number of aryl methyl sites for hydroxylation is 5. The van der Waals surface area contributed by atoms with E-state index in [1.807, 2.05) is 39.5 Å². The second-order valence-electron chi connectivity index (χ2n) is 5.32. The second-order valence-corrected chi connectivity index (χ2v) is 5.32. The van der Waals surface area contributed by atoms with E-state index in [-0.39, 0.29) is 32.7 Å². The van der Waals surface area contributed by atoms with Crippen LogP contribution in [0.2, 0.25) is 0 Å². The van der Waals surface area contributed by atoms with E-state index in [0.29, 0.717) is 0 Å². The number of hydrogen-bond acceptors (Lipinski definition) is 6. The van der Waals surface area contributed by atoms with Crippen molar-refractivity contribution in [3.8, 4) is 0 Å². The fourth-order valence-electron chi connectivity index (χ4n) is 2.59. The molecule has 4 aromatic heterocycles. The molecule has 1 radical (unpaired) electrons. The smallest absolute Gasteiger partial charge is 0.0928 e. The molecule has 0 atom stereocenters. The van der Waals surface area contributed by atoms with Crippen molar-refractivity contribution in [2.45, 2.75) is 20.8 Å². The van der Waals surface area contributed by atoms with Crippen LogP contribution in [0.1, 0.15) is 17.1 Å². The largest absolute Gasteiger partial charge is 0.373 e. The maximum absolute atomic E-state index is 4.29. The summed E-state index contributed by atoms with van der Waals surface area (Å²) in [6.45, 7) is 5.85. The van der Waals surface area contributed by atoms with Gasteiger partial charge in [0.25, 0.3) is 0 Å². The maximum atomic E-state index is 4.29. The normalized spacial score (nSPS) is 10.4. The molecule has 0 aliphatic heterocycles. The molecule has 0 bridgehead atoms. The Bertz CT molecular complexity index is 952. The van der Waals surface area contributed by atoms with Gasteiger partial charge in [-0.2, -0.15) is 20.4 Å². The van der Waals surface area contributed by atoms with Crippen molar-refractivity contribution < 1.29 is 32.7 Å². The SMILES string of the molecule is Cc1nn(C)c2c(C)nncc12.Cc1nn(C)c2n[c-]ncc12.[Y]. The van der Waals surface area contributed by atoms with Crippen LogP contribution in [0.5, 0.6) is 0 Å². The van der Waals surface area contributed by atoms with E-state index >= 15 is 0 Å². The number of fused-ring (bicyclic) bond motifs is 2. The van der Waals surface area contributed by atoms with Crippen LogP contribution in [0.25, 0.3) is 21.9 Å². The van der Waals surface area contributed by atoms with Crippen LogP contribution in [-0.4, -0.2) is 39.7 Å². The topological polar surface area (TPSA) is 87.2 Å². The molecule has 0 saturated heterocycles. The van der Waals surface area contributed by atoms with Gasteiger partial charge in [-0.25, -0.2) is 0 Å². The summed E-state index contributed by atoms with van der Waals surface area (Å²) in [4.78, 5) is 7.76. The minimum Gasteiger partial charge on any atom is -0.373 e. The number of rotatable bonds is 0. The third kappa shape index (κ3) is 3.34. The Morgan fingerprint density at radius 2 is 1.54 bits per heavy atom. The molecule has 9 heteroatoms. The summed E-state index contributed by atoms with van der Waals surface area (Å²) in [5, 5.41) is 18.4. The zero-order chi connectivity index (χ0) is 16.6. The summed E-state index contributed by atoms with van der Waals surface area (Å²) in [6, 6.07) is 0. The Morgan fingerprint density at radius 3 is 2.21 bits per heavy atom. The predicted octanol–water partition coefficient (Wildman–Crippen LogP) is 1.45. The molecule has 0 fully saturated rings. The second kappa shape index (κ2) is 7.40. The molecule has 0 unspecified atom stereocenters. The van der Waals surface area contributed by atoms with Crippen LogP contribution in [0.15, 0.2) is 12.4 Å². The van der Waals surface area contributed by atoms with Crippen LogP contribution in [-0.2, 0) is 46.8 Å². The van der Waals surface area contributed by atoms with Crippen molar-refractivity contribution >= 4 is 21.9 Å². The number of nitrogens with zero attached hydrogens (tertiary/aromatic N) is 8. The molecule has 0 saturated carbocycles. The first-order valence-electron chi connectivity index (χ1n) is 7.13. The Hall–Kier alpha value is -1.80. The molecule has 0 aliphatic rings. The summed E-state index contributed by atoms with van der Waals surface area (Å²) in [6.07, 6.45) is 6.01. The van der Waals surface area contributed by atoms with E-state index in [1.165, 1.54) is 0 Å². The predicted molar refractivity (Wildman–Crippen MR) is 85.7 cm³/mol. The first-order valence-corrected chi connectivity index (χ1v) is 7.13. The molecule has 4 rings (SSSR count). The summed E-state index contributed by atoms with van der Waals surface area (Å²) in [5.74, 6) is 0. The monoisotopic (exact) mass is 398 g/mol. The van der Waals surface area contributed by atoms with Gasteiger partial charge in [-0.15, -0.1) is 0 Å². The van der Waals surface area contributed by atoms with Gasteiger partial charge in [-0.05, 0) is 20.8 Å². The van der Waals surface area contributed by atoms with Gasteiger partial charge in [-0.1, -0.05) is 11.6 Å². The average molecular weight is 398 g/mol. The van der Waals surface area contributed by atoms with Crippen LogP contribution in [0.4, 0.5) is 0 Å². The molecule has 121 valence electrons. The third-order valence-corrected chi connectivity index (χ3v) is 3.65. The van der Waals surface area contributed by atoms with Crippen molar-refractivity contribution in [3.05, 3.63) is 35.8 Å². The number of hydrogen-bond donors (Lipinski definition) is 0. The molecular weight excluding hydrogens is 381 g/mol. The van der Waals surface area contributed by atoms with Crippen LogP contribution >= 0.6 is 0 Å². The molecule has 4 heterocycles. The van der Waals surface area contributed by atoms with Crippen LogP contribution in [0.3, 0.4) is 0 Å². The van der Waals surface area contributed by atoms with E-state index in [1.54, 1.807) is 17.1 Å². The Kier molecular flexibility index (Phi) is 5.72. The maximum Gasteiger partial charge on any atom is 0.0928 e. The fraction of sp³-hybridized carbons (Fsp3) is 0.333. The fourth-order valence-corrected chi connectivity index (χ4v) is 2.59. The van der Waals surface area contributed by atoms with E-state index in [4.69, 9.17) is 0 Å². The molecular formula is C15H17N8Y-. The van der Waals surface area contributed by atoms with Gasteiger partial charge in [-0.3, -0.25) is 4.68 Å². The van der Waals surface area contributed by atoms with Crippen molar-refractivity contribution in [2.75, 3.05) is 0 Å². The molecule has 0 aliphatic carbocycles. The zero-order valence-corrected chi connectivity index (χ0v) is 17.1. The van der Waals surface area contributed by atoms with Gasteiger partial charge in [0.05, 0.1) is 23.1 Å². The van der Waals surface area contributed by atoms with Crippen molar-refractivity contribution in [3.63, 3.8) is 0 Å². The Labute approximate surface area is 164 Å². The van der Waals surface area contributed by atoms with Crippen molar-refractivity contribution in [2.24, 2.45) is 14.1 Å². The third-order valence-electron chi connectivity index (χ3n) is 3.65. The first-order chi connectivity index (χ1) is 11.0. The zero-order valence-electron chi connectivity index (χ0n) is 14.3. The van der Waals surface area contributed by atoms with Gasteiger partial charge < -0.3 is 14.6 Å². The van der Waals surface area contributed by atoms with E-state index in [2.05, 4.69) is 36.7 Å². The Morgan fingerprint density at radius 1 is 0.875 bits per heavy atom. The van der Waals surface area contributed by atoms with Crippen molar-refractivity contribution in [1.82, 2.24) is 39.7 Å². The average Bonchev–Trinajstić information content (AvgIpc) is 2.99. The van der Waals surface area contributed by atoms with Gasteiger partial charge in [0.1, 0.15) is 0 Å². The molecule has 24 heavy (non-hydrogen) atoms. The van der Waals surface area contributed by atoms with Gasteiger partial charge in [0.15, 0.2) is 0 Å². The first kappa shape index (κ1) is 18.5. The minimum atomic E-state index is 0. The Balaban J connectivity index is 0.000000167. The van der Waals surface area contributed by atoms with E-state index in [9.17, 15) is 0 Å². The molecule has 8 nitrogen and oxygen atoms in total. The molecule has 0 N–H and O–H groups in total. The summed E-state index contributed by atoms with van der Waals surface area (Å²) in [7, 11) is 3.78. The molecule has 4 aromatic rings. The van der Waals surface area contributed by atoms with E-state index < -0.39 is 0 Å². The molecule has 0 amide bonds. The molecule has 0 spiro atoms. The quantitative estimate of drug-likeness (QED) is 0.417. The summed E-state index contributed by atoms with van der Waals surface area (Å²) < 4.78 is 3.57. The van der Waals surface area contributed by atoms with Gasteiger partial charge >= 0.3 is 0 Å². The standard InChI is InChI=1S/C8H10N4.C7H7N4.Y/c1-5-7-4-9-10-6(2)8(7)12(3)11-5;1-5-6-3-8-4-9-7(6)11(2)10-5;/h4H,1-3H3;3H,1-2H3;/q;-1;. The van der Waals surface area contributed by atoms with E-state index in [0.717, 1.165) is 39.0 Å². The summed E-state index contributed by atoms with van der Waals surface area (Å²) >= 11 is 0. The van der Waals surface area contributed by atoms with Crippen molar-refractivity contribution in [1.29, 1.82) is 0 Å². The summed E-state index contributed by atoms with van der Waals surface area (Å²) in [5.41, 5.74) is 4.79. The van der Waals surface area contributed by atoms with Crippen LogP contribution < -0.4 is 0 Å². The minimum absolute atomic E-state index is 0.